The lowest BCUT2D eigenvalue weighted by molar-refractivity contribution is 0.441. The Balaban J connectivity index is 2.55. The van der Waals surface area contributed by atoms with E-state index in [4.69, 9.17) is 10.4 Å². The minimum absolute atomic E-state index is 0.0429. The summed E-state index contributed by atoms with van der Waals surface area (Å²) in [5.74, 6) is 0.105. The van der Waals surface area contributed by atoms with E-state index in [0.717, 1.165) is 0 Å². The summed E-state index contributed by atoms with van der Waals surface area (Å²) in [5.41, 5.74) is 0.706. The molecular weight excluding hydrogens is 192 g/mol. The molecule has 1 aromatic rings. The molecule has 0 amide bonds. The van der Waals surface area contributed by atoms with Crippen molar-refractivity contribution in [2.75, 3.05) is 0 Å². The quantitative estimate of drug-likeness (QED) is 0.697. The Bertz CT molecular complexity index is 371. The van der Waals surface area contributed by atoms with E-state index in [1.807, 2.05) is 6.92 Å². The molecule has 0 bridgehead atoms. The summed E-state index contributed by atoms with van der Waals surface area (Å²) in [7, 11) is 0. The van der Waals surface area contributed by atoms with Crippen molar-refractivity contribution in [2.45, 2.75) is 25.9 Å². The molecule has 4 nitrogen and oxygen atoms in total. The van der Waals surface area contributed by atoms with Crippen molar-refractivity contribution in [3.63, 3.8) is 0 Å². The van der Waals surface area contributed by atoms with Crippen LogP contribution in [0.1, 0.15) is 18.9 Å². The fraction of sp³-hybridized carbons (Fsp3) is 0.364. The van der Waals surface area contributed by atoms with Crippen molar-refractivity contribution >= 4 is 0 Å². The first kappa shape index (κ1) is 11.3. The first-order valence-electron chi connectivity index (χ1n) is 4.74. The number of benzene rings is 1. The standard InChI is InChI=1S/C11H14N2O2/c1-8(4-5-12)13-7-9-2-3-10(14)6-11(9)15/h2-3,6,8,13-15H,4,7H2,1H3. The average molecular weight is 206 g/mol. The van der Waals surface area contributed by atoms with Gasteiger partial charge in [-0.05, 0) is 13.0 Å². The highest BCUT2D eigenvalue weighted by Gasteiger charge is 2.04. The Hall–Kier alpha value is -1.73. The molecule has 0 saturated heterocycles. The lowest BCUT2D eigenvalue weighted by atomic mass is 10.1. The van der Waals surface area contributed by atoms with Crippen molar-refractivity contribution in [3.05, 3.63) is 23.8 Å². The fourth-order valence-electron chi connectivity index (χ4n) is 1.20. The third kappa shape index (κ3) is 3.49. The van der Waals surface area contributed by atoms with Crippen molar-refractivity contribution in [1.29, 1.82) is 5.26 Å². The zero-order valence-corrected chi connectivity index (χ0v) is 8.57. The van der Waals surface area contributed by atoms with Gasteiger partial charge < -0.3 is 15.5 Å². The first-order chi connectivity index (χ1) is 7.13. The Morgan fingerprint density at radius 3 is 2.80 bits per heavy atom. The second-order valence-electron chi connectivity index (χ2n) is 3.46. The van der Waals surface area contributed by atoms with E-state index in [9.17, 15) is 5.11 Å². The van der Waals surface area contributed by atoms with Crippen LogP contribution >= 0.6 is 0 Å². The van der Waals surface area contributed by atoms with Crippen molar-refractivity contribution in [2.24, 2.45) is 0 Å². The Labute approximate surface area is 88.8 Å². The van der Waals surface area contributed by atoms with Gasteiger partial charge in [-0.2, -0.15) is 5.26 Å². The SMILES string of the molecule is CC(CC#N)NCc1ccc(O)cc1O. The molecule has 0 spiro atoms. The maximum Gasteiger partial charge on any atom is 0.123 e. The normalized spacial score (nSPS) is 12.0. The summed E-state index contributed by atoms with van der Waals surface area (Å²) in [4.78, 5) is 0. The third-order valence-corrected chi connectivity index (χ3v) is 2.11. The minimum atomic E-state index is 0.0429. The van der Waals surface area contributed by atoms with Crippen molar-refractivity contribution in [3.8, 4) is 17.6 Å². The highest BCUT2D eigenvalue weighted by molar-refractivity contribution is 5.38. The number of hydrogen-bond donors (Lipinski definition) is 3. The molecule has 1 aromatic carbocycles. The van der Waals surface area contributed by atoms with Crippen LogP contribution in [0.4, 0.5) is 0 Å². The number of nitriles is 1. The van der Waals surface area contributed by atoms with E-state index >= 15 is 0 Å². The largest absolute Gasteiger partial charge is 0.508 e. The van der Waals surface area contributed by atoms with Crippen LogP contribution < -0.4 is 5.32 Å². The van der Waals surface area contributed by atoms with Crippen LogP contribution in [0.2, 0.25) is 0 Å². The molecule has 0 aliphatic carbocycles. The van der Waals surface area contributed by atoms with E-state index in [1.54, 1.807) is 6.07 Å². The number of nitrogens with zero attached hydrogens (tertiary/aromatic N) is 1. The smallest absolute Gasteiger partial charge is 0.123 e. The molecule has 80 valence electrons. The van der Waals surface area contributed by atoms with Gasteiger partial charge in [-0.1, -0.05) is 6.07 Å². The summed E-state index contributed by atoms with van der Waals surface area (Å²) in [6.07, 6.45) is 0.429. The van der Waals surface area contributed by atoms with Crippen LogP contribution in [0.25, 0.3) is 0 Å². The maximum absolute atomic E-state index is 9.47. The van der Waals surface area contributed by atoms with E-state index in [-0.39, 0.29) is 17.5 Å². The number of phenols is 2. The molecule has 4 heteroatoms. The number of aromatic hydroxyl groups is 2. The topological polar surface area (TPSA) is 76.3 Å². The minimum Gasteiger partial charge on any atom is -0.508 e. The monoisotopic (exact) mass is 206 g/mol. The summed E-state index contributed by atoms with van der Waals surface area (Å²) in [6, 6.07) is 6.62. The van der Waals surface area contributed by atoms with Gasteiger partial charge in [-0.3, -0.25) is 0 Å². The number of phenolic OH excluding ortho intramolecular Hbond substituents is 2. The zero-order valence-electron chi connectivity index (χ0n) is 8.57. The average Bonchev–Trinajstić information content (AvgIpc) is 2.17. The predicted molar refractivity (Wildman–Crippen MR) is 56.3 cm³/mol. The van der Waals surface area contributed by atoms with Crippen molar-refractivity contribution < 1.29 is 10.2 Å². The van der Waals surface area contributed by atoms with Gasteiger partial charge >= 0.3 is 0 Å². The van der Waals surface area contributed by atoms with E-state index < -0.39 is 0 Å². The van der Waals surface area contributed by atoms with Gasteiger partial charge in [0.2, 0.25) is 0 Å². The molecule has 0 radical (unpaired) electrons. The van der Waals surface area contributed by atoms with Gasteiger partial charge in [0.25, 0.3) is 0 Å². The molecule has 3 N–H and O–H groups in total. The third-order valence-electron chi connectivity index (χ3n) is 2.11. The Morgan fingerprint density at radius 2 is 2.20 bits per heavy atom. The van der Waals surface area contributed by atoms with Gasteiger partial charge in [0.15, 0.2) is 0 Å². The Morgan fingerprint density at radius 1 is 1.47 bits per heavy atom. The van der Waals surface area contributed by atoms with Crippen molar-refractivity contribution in [1.82, 2.24) is 5.32 Å². The molecule has 0 saturated carbocycles. The molecule has 1 unspecified atom stereocenters. The van der Waals surface area contributed by atoms with Gasteiger partial charge in [0.05, 0.1) is 12.5 Å². The summed E-state index contributed by atoms with van der Waals surface area (Å²) in [5, 5.41) is 30.1. The number of nitrogens with one attached hydrogen (secondary N) is 1. The summed E-state index contributed by atoms with van der Waals surface area (Å²) < 4.78 is 0. The Kier molecular flexibility index (Phi) is 3.95. The van der Waals surface area contributed by atoms with Gasteiger partial charge in [0, 0.05) is 24.2 Å². The maximum atomic E-state index is 9.47. The lowest BCUT2D eigenvalue weighted by Crippen LogP contribution is -2.24. The van der Waals surface area contributed by atoms with Crippen LogP contribution in [0.3, 0.4) is 0 Å². The second-order valence-corrected chi connectivity index (χ2v) is 3.46. The van der Waals surface area contributed by atoms with Gasteiger partial charge in [-0.25, -0.2) is 0 Å². The number of rotatable bonds is 4. The van der Waals surface area contributed by atoms with Crippen LogP contribution in [0.15, 0.2) is 18.2 Å². The molecular formula is C11H14N2O2. The van der Waals surface area contributed by atoms with E-state index in [1.165, 1.54) is 12.1 Å². The van der Waals surface area contributed by atoms with Gasteiger partial charge in [-0.15, -0.1) is 0 Å². The highest BCUT2D eigenvalue weighted by Crippen LogP contribution is 2.22. The molecule has 15 heavy (non-hydrogen) atoms. The molecule has 0 aliphatic heterocycles. The summed E-state index contributed by atoms with van der Waals surface area (Å²) in [6.45, 7) is 2.38. The summed E-state index contributed by atoms with van der Waals surface area (Å²) >= 11 is 0. The molecule has 1 rings (SSSR count). The van der Waals surface area contributed by atoms with Gasteiger partial charge in [0.1, 0.15) is 11.5 Å². The van der Waals surface area contributed by atoms with E-state index in [0.29, 0.717) is 18.5 Å². The predicted octanol–water partition coefficient (Wildman–Crippen LogP) is 1.49. The lowest BCUT2D eigenvalue weighted by Gasteiger charge is -2.11. The van der Waals surface area contributed by atoms with Crippen LogP contribution in [-0.4, -0.2) is 16.3 Å². The van der Waals surface area contributed by atoms with Crippen LogP contribution in [0.5, 0.6) is 11.5 Å². The van der Waals surface area contributed by atoms with Crippen LogP contribution in [-0.2, 0) is 6.54 Å². The molecule has 0 aromatic heterocycles. The fourth-order valence-corrected chi connectivity index (χ4v) is 1.20. The number of hydrogen-bond acceptors (Lipinski definition) is 4. The highest BCUT2D eigenvalue weighted by atomic mass is 16.3. The van der Waals surface area contributed by atoms with E-state index in [2.05, 4.69) is 11.4 Å². The molecule has 1 atom stereocenters. The molecule has 0 heterocycles. The zero-order chi connectivity index (χ0) is 11.3. The molecule has 0 fully saturated rings. The molecule has 0 aliphatic rings. The van der Waals surface area contributed by atoms with Crippen LogP contribution in [0, 0.1) is 11.3 Å². The first-order valence-corrected chi connectivity index (χ1v) is 4.74. The second kappa shape index (κ2) is 5.23.